The third-order valence-electron chi connectivity index (χ3n) is 8.04. The summed E-state index contributed by atoms with van der Waals surface area (Å²) >= 11 is 0. The van der Waals surface area contributed by atoms with Gasteiger partial charge in [0.15, 0.2) is 5.84 Å². The van der Waals surface area contributed by atoms with Crippen molar-refractivity contribution in [3.63, 3.8) is 0 Å². The number of hydrogen-bond acceptors (Lipinski definition) is 6. The van der Waals surface area contributed by atoms with E-state index in [2.05, 4.69) is 36.5 Å². The molecule has 0 spiro atoms. The van der Waals surface area contributed by atoms with Crippen LogP contribution in [0.15, 0.2) is 58.5 Å². The Kier molecular flexibility index (Phi) is 8.61. The van der Waals surface area contributed by atoms with E-state index < -0.39 is 0 Å². The van der Waals surface area contributed by atoms with Gasteiger partial charge >= 0.3 is 0 Å². The number of amides is 1. The highest BCUT2D eigenvalue weighted by atomic mass is 16.6. The van der Waals surface area contributed by atoms with E-state index in [0.29, 0.717) is 36.2 Å². The molecule has 1 N–H and O–H groups in total. The Morgan fingerprint density at radius 2 is 1.85 bits per heavy atom. The summed E-state index contributed by atoms with van der Waals surface area (Å²) in [7, 11) is 1.44. The number of rotatable bonds is 9. The van der Waals surface area contributed by atoms with Crippen LogP contribution in [0.25, 0.3) is 16.9 Å². The quantitative estimate of drug-likeness (QED) is 0.132. The van der Waals surface area contributed by atoms with Crippen molar-refractivity contribution >= 4 is 18.0 Å². The van der Waals surface area contributed by atoms with Crippen LogP contribution in [0.5, 0.6) is 0 Å². The highest BCUT2D eigenvalue weighted by molar-refractivity contribution is 6.08. The van der Waals surface area contributed by atoms with Gasteiger partial charge in [-0.05, 0) is 61.6 Å². The maximum Gasteiger partial charge on any atom is 0.259 e. The van der Waals surface area contributed by atoms with Gasteiger partial charge in [-0.15, -0.1) is 0 Å². The van der Waals surface area contributed by atoms with E-state index in [1.54, 1.807) is 0 Å². The Balaban J connectivity index is 1.55. The first-order valence-electron chi connectivity index (χ1n) is 14.4. The molecule has 1 saturated carbocycles. The highest BCUT2D eigenvalue weighted by Gasteiger charge is 2.27. The third kappa shape index (κ3) is 5.80. The van der Waals surface area contributed by atoms with Gasteiger partial charge in [-0.1, -0.05) is 74.0 Å². The number of fused-ring (bicyclic) bond motifs is 1. The highest BCUT2D eigenvalue weighted by Crippen LogP contribution is 2.32. The lowest BCUT2D eigenvalue weighted by Gasteiger charge is -2.29. The van der Waals surface area contributed by atoms with E-state index in [1.807, 2.05) is 52.4 Å². The van der Waals surface area contributed by atoms with Crippen molar-refractivity contribution in [2.45, 2.75) is 71.8 Å². The Morgan fingerprint density at radius 1 is 1.12 bits per heavy atom. The molecule has 9 nitrogen and oxygen atoms in total. The van der Waals surface area contributed by atoms with Crippen LogP contribution in [0.4, 0.5) is 0 Å². The molecule has 1 aliphatic rings. The number of aromatic nitrogens is 4. The molecule has 5 rings (SSSR count). The summed E-state index contributed by atoms with van der Waals surface area (Å²) in [6.45, 7) is 6.31. The number of nitrogens with one attached hydrogen (secondary N) is 1. The molecule has 214 valence electrons. The molecular weight excluding hydrogens is 516 g/mol. The zero-order valence-corrected chi connectivity index (χ0v) is 24.3. The van der Waals surface area contributed by atoms with Crippen molar-refractivity contribution in [2.24, 2.45) is 11.1 Å². The monoisotopic (exact) mass is 554 g/mol. The first-order valence-corrected chi connectivity index (χ1v) is 14.4. The molecule has 0 aliphatic heterocycles. The topological polar surface area (TPSA) is 103 Å². The first-order chi connectivity index (χ1) is 19.9. The molecule has 41 heavy (non-hydrogen) atoms. The van der Waals surface area contributed by atoms with Gasteiger partial charge in [0.05, 0.1) is 5.69 Å². The van der Waals surface area contributed by atoms with Crippen LogP contribution >= 0.6 is 0 Å². The standard InChI is InChI=1S/C32H38N6O3/c1-5-8-29-28(31(40)37(25-17-11-21(2)12-18-25)32-34-22(3)35-38(29)32)19-23-13-15-24(16-14-23)26-9-6-7-10-27(26)30(33-20-39)36-41-4/h6-7,9-10,13-16,20-21,25H,5,8,11-12,17-19H2,1-4H3,(H,33,36,39). The molecule has 2 heterocycles. The summed E-state index contributed by atoms with van der Waals surface area (Å²) in [5.41, 5.74) is 5.45. The van der Waals surface area contributed by atoms with Crippen molar-refractivity contribution < 1.29 is 9.63 Å². The Morgan fingerprint density at radius 3 is 2.54 bits per heavy atom. The van der Waals surface area contributed by atoms with Gasteiger partial charge in [0.2, 0.25) is 12.2 Å². The molecule has 2 aromatic carbocycles. The molecule has 1 aliphatic carbocycles. The fraction of sp³-hybridized carbons (Fsp3) is 0.406. The molecule has 0 atom stereocenters. The van der Waals surface area contributed by atoms with E-state index in [0.717, 1.165) is 72.0 Å². The average Bonchev–Trinajstić information content (AvgIpc) is 3.37. The molecular formula is C32H38N6O3. The number of oxime groups is 1. The second-order valence-corrected chi connectivity index (χ2v) is 10.9. The molecule has 0 unspecified atom stereocenters. The second kappa shape index (κ2) is 12.5. The fourth-order valence-corrected chi connectivity index (χ4v) is 5.98. The molecule has 0 radical (unpaired) electrons. The Labute approximate surface area is 240 Å². The first kappa shape index (κ1) is 28.3. The Bertz CT molecular complexity index is 1610. The lowest BCUT2D eigenvalue weighted by Crippen LogP contribution is -2.34. The summed E-state index contributed by atoms with van der Waals surface area (Å²) in [4.78, 5) is 35.1. The number of carbonyl (C=O) groups excluding carboxylic acids is 1. The van der Waals surface area contributed by atoms with Crippen molar-refractivity contribution in [3.05, 3.63) is 87.1 Å². The van der Waals surface area contributed by atoms with Gasteiger partial charge in [-0.2, -0.15) is 10.1 Å². The third-order valence-corrected chi connectivity index (χ3v) is 8.04. The van der Waals surface area contributed by atoms with Crippen LogP contribution in [-0.4, -0.2) is 38.5 Å². The summed E-state index contributed by atoms with van der Waals surface area (Å²) in [6, 6.07) is 16.0. The maximum absolute atomic E-state index is 14.2. The van der Waals surface area contributed by atoms with E-state index >= 15 is 0 Å². The minimum absolute atomic E-state index is 0.0580. The smallest absolute Gasteiger partial charge is 0.259 e. The van der Waals surface area contributed by atoms with Gasteiger partial charge in [0.1, 0.15) is 12.9 Å². The summed E-state index contributed by atoms with van der Waals surface area (Å²) < 4.78 is 3.86. The molecule has 4 aromatic rings. The van der Waals surface area contributed by atoms with Crippen molar-refractivity contribution in [2.75, 3.05) is 7.11 Å². The Hall–Kier alpha value is -4.27. The number of amidine groups is 1. The van der Waals surface area contributed by atoms with Gasteiger partial charge in [0.25, 0.3) is 5.56 Å². The lowest BCUT2D eigenvalue weighted by atomic mass is 9.87. The minimum Gasteiger partial charge on any atom is -0.397 e. The molecule has 9 heteroatoms. The van der Waals surface area contributed by atoms with Gasteiger partial charge < -0.3 is 10.2 Å². The minimum atomic E-state index is 0.0580. The van der Waals surface area contributed by atoms with E-state index in [1.165, 1.54) is 7.11 Å². The predicted molar refractivity (Wildman–Crippen MR) is 160 cm³/mol. The number of hydrogen-bond donors (Lipinski definition) is 1. The fourth-order valence-electron chi connectivity index (χ4n) is 5.98. The van der Waals surface area contributed by atoms with Crippen molar-refractivity contribution in [3.8, 4) is 11.1 Å². The predicted octanol–water partition coefficient (Wildman–Crippen LogP) is 5.21. The van der Waals surface area contributed by atoms with Crippen LogP contribution in [0, 0.1) is 12.8 Å². The van der Waals surface area contributed by atoms with Gasteiger partial charge in [-0.25, -0.2) is 4.52 Å². The normalized spacial score (nSPS) is 17.5. The number of carbonyl (C=O) groups is 1. The SMILES string of the molecule is CCCc1c(Cc2ccc(-c3ccccc3/C(=N/OC)NC=O)cc2)c(=O)n(C2CCC(C)CC2)c2nc(C)nn12. The summed E-state index contributed by atoms with van der Waals surface area (Å²) in [6.07, 6.45) is 6.95. The van der Waals surface area contributed by atoms with Crippen molar-refractivity contribution in [1.29, 1.82) is 0 Å². The zero-order chi connectivity index (χ0) is 28.9. The van der Waals surface area contributed by atoms with Crippen LogP contribution in [0.3, 0.4) is 0 Å². The van der Waals surface area contributed by atoms with Crippen LogP contribution in [-0.2, 0) is 22.5 Å². The summed E-state index contributed by atoms with van der Waals surface area (Å²) in [5.74, 6) is 2.37. The van der Waals surface area contributed by atoms with Crippen LogP contribution < -0.4 is 10.9 Å². The zero-order valence-electron chi connectivity index (χ0n) is 24.3. The number of aryl methyl sites for hydroxylation is 2. The average molecular weight is 555 g/mol. The number of nitrogens with zero attached hydrogens (tertiary/aromatic N) is 5. The number of benzene rings is 2. The molecule has 1 fully saturated rings. The van der Waals surface area contributed by atoms with Crippen molar-refractivity contribution in [1.82, 2.24) is 24.5 Å². The second-order valence-electron chi connectivity index (χ2n) is 10.9. The molecule has 0 saturated heterocycles. The van der Waals surface area contributed by atoms with Gasteiger partial charge in [-0.3, -0.25) is 14.2 Å². The summed E-state index contributed by atoms with van der Waals surface area (Å²) in [5, 5.41) is 11.4. The van der Waals surface area contributed by atoms with E-state index in [4.69, 9.17) is 14.9 Å². The van der Waals surface area contributed by atoms with Crippen LogP contribution in [0.2, 0.25) is 0 Å². The van der Waals surface area contributed by atoms with Crippen LogP contribution in [0.1, 0.15) is 80.2 Å². The molecule has 2 aromatic heterocycles. The van der Waals surface area contributed by atoms with Gasteiger partial charge in [0, 0.05) is 23.6 Å². The molecule has 0 bridgehead atoms. The van der Waals surface area contributed by atoms with E-state index in [9.17, 15) is 9.59 Å². The lowest BCUT2D eigenvalue weighted by molar-refractivity contribution is -0.108. The maximum atomic E-state index is 14.2. The van der Waals surface area contributed by atoms with E-state index in [-0.39, 0.29) is 11.6 Å². The molecule has 1 amide bonds. The largest absolute Gasteiger partial charge is 0.397 e.